The van der Waals surface area contributed by atoms with E-state index in [1.165, 1.54) is 16.5 Å². The number of methoxy groups -OCH3 is 1. The number of rotatable bonds is 9. The van der Waals surface area contributed by atoms with Crippen molar-refractivity contribution in [1.82, 2.24) is 10.3 Å². The van der Waals surface area contributed by atoms with Gasteiger partial charge in [-0.1, -0.05) is 48.5 Å². The fourth-order valence-electron chi connectivity index (χ4n) is 3.54. The van der Waals surface area contributed by atoms with Gasteiger partial charge in [0.25, 0.3) is 0 Å². The number of fused-ring (bicyclic) bond motifs is 1. The lowest BCUT2D eigenvalue weighted by atomic mass is 10.1. The molecule has 3 aromatic carbocycles. The second-order valence-corrected chi connectivity index (χ2v) is 8.02. The first-order valence-electron chi connectivity index (χ1n) is 10.0. The normalized spacial score (nSPS) is 11.0. The van der Waals surface area contributed by atoms with Crippen LogP contribution in [-0.4, -0.2) is 18.6 Å². The summed E-state index contributed by atoms with van der Waals surface area (Å²) in [5.74, 6) is 1.46. The van der Waals surface area contributed by atoms with Crippen molar-refractivity contribution >= 4 is 26.8 Å². The summed E-state index contributed by atoms with van der Waals surface area (Å²) in [5.41, 5.74) is 4.79. The Morgan fingerprint density at radius 2 is 1.77 bits per heavy atom. The number of H-pyrrole nitrogens is 1. The maximum Gasteiger partial charge on any atom is 0.175 e. The number of hydrogen-bond donors (Lipinski definition) is 2. The van der Waals surface area contributed by atoms with Crippen molar-refractivity contribution in [3.8, 4) is 11.5 Å². The van der Waals surface area contributed by atoms with Gasteiger partial charge in [0.1, 0.15) is 6.61 Å². The van der Waals surface area contributed by atoms with Crippen molar-refractivity contribution in [2.24, 2.45) is 0 Å². The second kappa shape index (κ2) is 9.83. The summed E-state index contributed by atoms with van der Waals surface area (Å²) in [6, 6.07) is 22.6. The zero-order valence-corrected chi connectivity index (χ0v) is 18.5. The van der Waals surface area contributed by atoms with Gasteiger partial charge >= 0.3 is 0 Å². The van der Waals surface area contributed by atoms with Gasteiger partial charge in [-0.2, -0.15) is 0 Å². The Labute approximate surface area is 185 Å². The number of aromatic amines is 1. The zero-order valence-electron chi connectivity index (χ0n) is 17.0. The standard InChI is InChI=1S/C25H25BrN2O2/c1-29-24-14-19(13-22(26)25(24)30-17-18-7-3-2-4-8-18)15-27-12-11-20-16-28-23-10-6-5-9-21(20)23/h2-10,13-14,16,27-28H,11-12,15,17H2,1H3. The van der Waals surface area contributed by atoms with Crippen LogP contribution in [0.25, 0.3) is 10.9 Å². The summed E-state index contributed by atoms with van der Waals surface area (Å²) in [6.45, 7) is 2.16. The summed E-state index contributed by atoms with van der Waals surface area (Å²) in [5, 5.41) is 4.82. The van der Waals surface area contributed by atoms with Gasteiger partial charge in [-0.15, -0.1) is 0 Å². The van der Waals surface area contributed by atoms with Gasteiger partial charge in [0.15, 0.2) is 11.5 Å². The first kappa shape index (κ1) is 20.5. The lowest BCUT2D eigenvalue weighted by molar-refractivity contribution is 0.282. The van der Waals surface area contributed by atoms with E-state index in [1.54, 1.807) is 7.11 Å². The van der Waals surface area contributed by atoms with Crippen LogP contribution in [0.3, 0.4) is 0 Å². The molecule has 0 unspecified atom stereocenters. The highest BCUT2D eigenvalue weighted by Crippen LogP contribution is 2.37. The van der Waals surface area contributed by atoms with E-state index >= 15 is 0 Å². The predicted molar refractivity (Wildman–Crippen MR) is 125 cm³/mol. The highest BCUT2D eigenvalue weighted by Gasteiger charge is 2.12. The number of aromatic nitrogens is 1. The van der Waals surface area contributed by atoms with Crippen molar-refractivity contribution in [3.63, 3.8) is 0 Å². The van der Waals surface area contributed by atoms with Gasteiger partial charge in [-0.3, -0.25) is 0 Å². The molecule has 0 saturated carbocycles. The van der Waals surface area contributed by atoms with Crippen molar-refractivity contribution in [2.45, 2.75) is 19.6 Å². The molecule has 0 bridgehead atoms. The Bertz CT molecular complexity index is 1110. The van der Waals surface area contributed by atoms with Gasteiger partial charge in [0.05, 0.1) is 11.6 Å². The number of benzene rings is 3. The number of halogens is 1. The van der Waals surface area contributed by atoms with Gasteiger partial charge in [-0.05, 0) is 63.8 Å². The molecular weight excluding hydrogens is 440 g/mol. The van der Waals surface area contributed by atoms with Crippen molar-refractivity contribution in [2.75, 3.05) is 13.7 Å². The minimum absolute atomic E-state index is 0.498. The minimum Gasteiger partial charge on any atom is -0.493 e. The molecule has 0 aliphatic rings. The van der Waals surface area contributed by atoms with Gasteiger partial charge in [-0.25, -0.2) is 0 Å². The summed E-state index contributed by atoms with van der Waals surface area (Å²) in [6.07, 6.45) is 3.07. The van der Waals surface area contributed by atoms with Crippen LogP contribution in [-0.2, 0) is 19.6 Å². The maximum atomic E-state index is 6.02. The Morgan fingerprint density at radius 3 is 2.60 bits per heavy atom. The fourth-order valence-corrected chi connectivity index (χ4v) is 4.14. The fraction of sp³-hybridized carbons (Fsp3) is 0.200. The van der Waals surface area contributed by atoms with Crippen molar-refractivity contribution in [3.05, 3.63) is 94.1 Å². The largest absolute Gasteiger partial charge is 0.493 e. The molecule has 4 nitrogen and oxygen atoms in total. The first-order chi connectivity index (χ1) is 14.7. The van der Waals surface area contributed by atoms with E-state index in [9.17, 15) is 0 Å². The number of ether oxygens (including phenoxy) is 2. The first-order valence-corrected chi connectivity index (χ1v) is 10.8. The van der Waals surface area contributed by atoms with Crippen LogP contribution in [0.1, 0.15) is 16.7 Å². The summed E-state index contributed by atoms with van der Waals surface area (Å²) in [7, 11) is 1.67. The third kappa shape index (κ3) is 4.86. The number of para-hydroxylation sites is 1. The van der Waals surface area contributed by atoms with Gasteiger partial charge in [0.2, 0.25) is 0 Å². The van der Waals surface area contributed by atoms with Crippen molar-refractivity contribution < 1.29 is 9.47 Å². The van der Waals surface area contributed by atoms with Crippen LogP contribution in [0.2, 0.25) is 0 Å². The lowest BCUT2D eigenvalue weighted by Gasteiger charge is -2.15. The molecule has 1 aromatic heterocycles. The van der Waals surface area contributed by atoms with Crippen molar-refractivity contribution in [1.29, 1.82) is 0 Å². The number of hydrogen-bond acceptors (Lipinski definition) is 3. The Morgan fingerprint density at radius 1 is 0.967 bits per heavy atom. The molecule has 154 valence electrons. The molecule has 0 aliphatic heterocycles. The number of nitrogens with one attached hydrogen (secondary N) is 2. The summed E-state index contributed by atoms with van der Waals surface area (Å²) < 4.78 is 12.5. The molecule has 0 atom stereocenters. The third-order valence-corrected chi connectivity index (χ3v) is 5.68. The van der Waals surface area contributed by atoms with Crippen LogP contribution in [0.15, 0.2) is 77.4 Å². The molecule has 1 heterocycles. The third-order valence-electron chi connectivity index (χ3n) is 5.09. The molecule has 4 aromatic rings. The van der Waals surface area contributed by atoms with E-state index < -0.39 is 0 Å². The van der Waals surface area contributed by atoms with E-state index in [-0.39, 0.29) is 0 Å². The Hall–Kier alpha value is -2.76. The SMILES string of the molecule is COc1cc(CNCCc2c[nH]c3ccccc23)cc(Br)c1OCc1ccccc1. The lowest BCUT2D eigenvalue weighted by Crippen LogP contribution is -2.16. The smallest absolute Gasteiger partial charge is 0.175 e. The highest BCUT2D eigenvalue weighted by molar-refractivity contribution is 9.10. The van der Waals surface area contributed by atoms with E-state index in [1.807, 2.05) is 36.4 Å². The Kier molecular flexibility index (Phi) is 6.72. The van der Waals surface area contributed by atoms with Gasteiger partial charge < -0.3 is 19.8 Å². The topological polar surface area (TPSA) is 46.3 Å². The molecule has 30 heavy (non-hydrogen) atoms. The van der Waals surface area contributed by atoms with Crippen LogP contribution in [0, 0.1) is 0 Å². The molecule has 0 amide bonds. The molecule has 0 saturated heterocycles. The maximum absolute atomic E-state index is 6.02. The second-order valence-electron chi connectivity index (χ2n) is 7.17. The summed E-state index contributed by atoms with van der Waals surface area (Å²) >= 11 is 3.64. The molecule has 2 N–H and O–H groups in total. The van der Waals surface area contributed by atoms with E-state index in [4.69, 9.17) is 9.47 Å². The minimum atomic E-state index is 0.498. The van der Waals surface area contributed by atoms with E-state index in [2.05, 4.69) is 62.8 Å². The monoisotopic (exact) mass is 464 g/mol. The van der Waals surface area contributed by atoms with E-state index in [0.717, 1.165) is 46.6 Å². The molecule has 0 spiro atoms. The molecule has 0 aliphatic carbocycles. The summed E-state index contributed by atoms with van der Waals surface area (Å²) in [4.78, 5) is 3.33. The molecular formula is C25H25BrN2O2. The zero-order chi connectivity index (χ0) is 20.8. The average Bonchev–Trinajstić information content (AvgIpc) is 3.19. The van der Waals surface area contributed by atoms with E-state index in [0.29, 0.717) is 6.61 Å². The molecule has 0 radical (unpaired) electrons. The quantitative estimate of drug-likeness (QED) is 0.305. The van der Waals surface area contributed by atoms with Crippen LogP contribution < -0.4 is 14.8 Å². The molecule has 5 heteroatoms. The predicted octanol–water partition coefficient (Wildman–Crippen LogP) is 5.85. The van der Waals surface area contributed by atoms with Crippen LogP contribution >= 0.6 is 15.9 Å². The Balaban J connectivity index is 1.35. The highest BCUT2D eigenvalue weighted by atomic mass is 79.9. The van der Waals surface area contributed by atoms with Crippen LogP contribution in [0.4, 0.5) is 0 Å². The van der Waals surface area contributed by atoms with Crippen LogP contribution in [0.5, 0.6) is 11.5 Å². The molecule has 0 fully saturated rings. The molecule has 4 rings (SSSR count). The average molecular weight is 465 g/mol. The van der Waals surface area contributed by atoms with Gasteiger partial charge in [0, 0.05) is 23.6 Å².